The molecule has 0 bridgehead atoms. The Morgan fingerprint density at radius 2 is 1.81 bits per heavy atom. The zero-order chi connectivity index (χ0) is 18.7. The van der Waals surface area contributed by atoms with Crippen LogP contribution in [0, 0.1) is 11.3 Å². The Balaban J connectivity index is 2.16. The molecule has 0 fully saturated rings. The molecule has 1 aliphatic rings. The maximum Gasteiger partial charge on any atom is 0.266 e. The number of hydrogen-bond acceptors (Lipinski definition) is 6. The number of carbonyl (C=O) groups excluding carboxylic acids is 1. The van der Waals surface area contributed by atoms with Gasteiger partial charge in [0, 0.05) is 0 Å². The van der Waals surface area contributed by atoms with Crippen molar-refractivity contribution in [1.82, 2.24) is 5.32 Å². The van der Waals surface area contributed by atoms with E-state index >= 15 is 0 Å². The van der Waals surface area contributed by atoms with Crippen LogP contribution in [0.15, 0.2) is 59.1 Å². The van der Waals surface area contributed by atoms with Gasteiger partial charge in [0.15, 0.2) is 0 Å². The molecule has 7 heteroatoms. The number of nitriles is 1. The largest absolute Gasteiger partial charge is 0.497 e. The molecular weight excluding hydrogens is 350 g/mol. The maximum absolute atomic E-state index is 12.4. The number of ether oxygens (including phenoxy) is 2. The van der Waals surface area contributed by atoms with Crippen LogP contribution in [-0.2, 0) is 4.79 Å². The fraction of sp³-hybridized carbons (Fsp3) is 0.158. The highest BCUT2D eigenvalue weighted by Crippen LogP contribution is 2.40. The molecule has 0 saturated carbocycles. The second-order valence-electron chi connectivity index (χ2n) is 5.50. The Morgan fingerprint density at radius 1 is 1.12 bits per heavy atom. The van der Waals surface area contributed by atoms with Gasteiger partial charge in [0.1, 0.15) is 29.3 Å². The minimum atomic E-state index is -0.547. The van der Waals surface area contributed by atoms with Crippen LogP contribution >= 0.6 is 12.6 Å². The summed E-state index contributed by atoms with van der Waals surface area (Å²) in [6, 6.07) is 16.6. The molecule has 1 unspecified atom stereocenters. The van der Waals surface area contributed by atoms with E-state index in [4.69, 9.17) is 9.47 Å². The molecule has 0 radical (unpaired) electrons. The van der Waals surface area contributed by atoms with Gasteiger partial charge in [0.2, 0.25) is 0 Å². The zero-order valence-corrected chi connectivity index (χ0v) is 15.2. The van der Waals surface area contributed by atoms with Gasteiger partial charge >= 0.3 is 0 Å². The van der Waals surface area contributed by atoms with Crippen LogP contribution in [0.2, 0.25) is 0 Å². The third-order valence-corrected chi connectivity index (χ3v) is 4.53. The topological polar surface area (TPSA) is 74.6 Å². The molecule has 0 spiro atoms. The van der Waals surface area contributed by atoms with Crippen LogP contribution in [0.5, 0.6) is 11.5 Å². The lowest BCUT2D eigenvalue weighted by Crippen LogP contribution is -2.46. The van der Waals surface area contributed by atoms with E-state index in [-0.39, 0.29) is 10.6 Å². The minimum Gasteiger partial charge on any atom is -0.497 e. The van der Waals surface area contributed by atoms with E-state index in [1.165, 1.54) is 0 Å². The summed E-state index contributed by atoms with van der Waals surface area (Å²) in [5.41, 5.74) is 1.45. The van der Waals surface area contributed by atoms with Crippen LogP contribution < -0.4 is 19.7 Å². The summed E-state index contributed by atoms with van der Waals surface area (Å²) in [6.45, 7) is 0. The van der Waals surface area contributed by atoms with Gasteiger partial charge in [-0.15, -0.1) is 12.6 Å². The van der Waals surface area contributed by atoms with E-state index in [9.17, 15) is 10.1 Å². The molecule has 1 heterocycles. The second-order valence-corrected chi connectivity index (χ2v) is 5.93. The number of para-hydroxylation sites is 2. The Hall–Kier alpha value is -3.11. The molecule has 3 rings (SSSR count). The van der Waals surface area contributed by atoms with E-state index in [0.717, 1.165) is 5.56 Å². The van der Waals surface area contributed by atoms with Crippen molar-refractivity contribution in [2.75, 3.05) is 19.1 Å². The van der Waals surface area contributed by atoms with Gasteiger partial charge in [0.05, 0.1) is 24.9 Å². The Morgan fingerprint density at radius 3 is 2.42 bits per heavy atom. The van der Waals surface area contributed by atoms with Crippen LogP contribution in [0.25, 0.3) is 0 Å². The van der Waals surface area contributed by atoms with Crippen molar-refractivity contribution in [3.8, 4) is 17.6 Å². The number of carbonyl (C=O) groups is 1. The van der Waals surface area contributed by atoms with Crippen molar-refractivity contribution in [3.05, 3.63) is 64.7 Å². The SMILES string of the molecule is COc1ccc(C2NC(=O)C(C#N)=C(S)N2c2ccccc2OC)cc1. The first-order valence-electron chi connectivity index (χ1n) is 7.81. The fourth-order valence-electron chi connectivity index (χ4n) is 2.81. The number of nitrogens with one attached hydrogen (secondary N) is 1. The molecule has 0 saturated heterocycles. The predicted molar refractivity (Wildman–Crippen MR) is 101 cm³/mol. The highest BCUT2D eigenvalue weighted by Gasteiger charge is 2.35. The number of hydrogen-bond donors (Lipinski definition) is 2. The molecule has 1 amide bonds. The van der Waals surface area contributed by atoms with Gasteiger partial charge in [0.25, 0.3) is 5.91 Å². The Bertz CT molecular complexity index is 903. The summed E-state index contributed by atoms with van der Waals surface area (Å²) >= 11 is 4.48. The number of methoxy groups -OCH3 is 2. The minimum absolute atomic E-state index is 0.0519. The molecule has 6 nitrogen and oxygen atoms in total. The number of nitrogens with zero attached hydrogens (tertiary/aromatic N) is 2. The summed E-state index contributed by atoms with van der Waals surface area (Å²) < 4.78 is 10.6. The summed E-state index contributed by atoms with van der Waals surface area (Å²) in [6.07, 6.45) is -0.547. The smallest absolute Gasteiger partial charge is 0.266 e. The van der Waals surface area contributed by atoms with Crippen molar-refractivity contribution in [2.45, 2.75) is 6.17 Å². The quantitative estimate of drug-likeness (QED) is 0.813. The zero-order valence-electron chi connectivity index (χ0n) is 14.3. The third-order valence-electron chi connectivity index (χ3n) is 4.09. The van der Waals surface area contributed by atoms with E-state index in [1.807, 2.05) is 54.6 Å². The van der Waals surface area contributed by atoms with Crippen LogP contribution in [0.4, 0.5) is 5.69 Å². The molecule has 1 atom stereocenters. The third kappa shape index (κ3) is 3.07. The standard InChI is InChI=1S/C19H17N3O3S/c1-24-13-9-7-12(8-10-13)17-21-18(23)14(11-20)19(26)22(17)15-5-3-4-6-16(15)25-2/h3-10,17,26H,1-2H3,(H,21,23). The molecule has 1 aliphatic heterocycles. The number of thiol groups is 1. The first kappa shape index (κ1) is 17.7. The molecule has 2 aromatic rings. The van der Waals surface area contributed by atoms with Gasteiger partial charge in [-0.2, -0.15) is 5.26 Å². The second kappa shape index (κ2) is 7.42. The summed E-state index contributed by atoms with van der Waals surface area (Å²) in [5, 5.41) is 12.5. The van der Waals surface area contributed by atoms with E-state index in [2.05, 4.69) is 17.9 Å². The number of benzene rings is 2. The first-order chi connectivity index (χ1) is 12.6. The maximum atomic E-state index is 12.4. The average Bonchev–Trinajstić information content (AvgIpc) is 2.68. The van der Waals surface area contributed by atoms with Crippen molar-refractivity contribution < 1.29 is 14.3 Å². The summed E-state index contributed by atoms with van der Waals surface area (Å²) in [5.74, 6) is 0.842. The monoisotopic (exact) mass is 367 g/mol. The molecule has 26 heavy (non-hydrogen) atoms. The predicted octanol–water partition coefficient (Wildman–Crippen LogP) is 3.00. The molecule has 1 N–H and O–H groups in total. The molecule has 132 valence electrons. The Labute approximate surface area is 157 Å². The molecular formula is C19H17N3O3S. The molecule has 0 aromatic heterocycles. The molecule has 0 aliphatic carbocycles. The van der Waals surface area contributed by atoms with Gasteiger partial charge in [-0.05, 0) is 29.8 Å². The Kier molecular flexibility index (Phi) is 5.05. The molecule has 2 aromatic carbocycles. The lowest BCUT2D eigenvalue weighted by atomic mass is 10.1. The van der Waals surface area contributed by atoms with Crippen LogP contribution in [0.1, 0.15) is 11.7 Å². The number of rotatable bonds is 4. The summed E-state index contributed by atoms with van der Waals surface area (Å²) in [7, 11) is 3.16. The van der Waals surface area contributed by atoms with E-state index in [0.29, 0.717) is 17.2 Å². The van der Waals surface area contributed by atoms with Crippen LogP contribution in [0.3, 0.4) is 0 Å². The van der Waals surface area contributed by atoms with Gasteiger partial charge in [-0.1, -0.05) is 24.3 Å². The van der Waals surface area contributed by atoms with Crippen LogP contribution in [-0.4, -0.2) is 20.1 Å². The summed E-state index contributed by atoms with van der Waals surface area (Å²) in [4.78, 5) is 14.1. The fourth-order valence-corrected chi connectivity index (χ4v) is 3.18. The first-order valence-corrected chi connectivity index (χ1v) is 8.25. The van der Waals surface area contributed by atoms with E-state index in [1.54, 1.807) is 19.1 Å². The van der Waals surface area contributed by atoms with Crippen molar-refractivity contribution in [3.63, 3.8) is 0 Å². The lowest BCUT2D eigenvalue weighted by Gasteiger charge is -2.38. The highest BCUT2D eigenvalue weighted by atomic mass is 32.1. The number of anilines is 1. The van der Waals surface area contributed by atoms with Gasteiger partial charge in [-0.3, -0.25) is 4.79 Å². The highest BCUT2D eigenvalue weighted by molar-refractivity contribution is 7.84. The van der Waals surface area contributed by atoms with Crippen molar-refractivity contribution in [1.29, 1.82) is 5.26 Å². The normalized spacial score (nSPS) is 16.8. The lowest BCUT2D eigenvalue weighted by molar-refractivity contribution is -0.118. The van der Waals surface area contributed by atoms with Crippen molar-refractivity contribution in [2.24, 2.45) is 0 Å². The van der Waals surface area contributed by atoms with Gasteiger partial charge in [-0.25, -0.2) is 0 Å². The van der Waals surface area contributed by atoms with E-state index < -0.39 is 12.1 Å². The average molecular weight is 367 g/mol. The van der Waals surface area contributed by atoms with Gasteiger partial charge < -0.3 is 19.7 Å². The van der Waals surface area contributed by atoms with Crippen molar-refractivity contribution >= 4 is 24.2 Å². The number of amides is 1.